The molecule has 8 nitrogen and oxygen atoms in total. The van der Waals surface area contributed by atoms with Crippen molar-refractivity contribution in [3.8, 4) is 11.1 Å². The Morgan fingerprint density at radius 3 is 2.36 bits per heavy atom. The second-order valence-corrected chi connectivity index (χ2v) is 9.76. The van der Waals surface area contributed by atoms with Crippen LogP contribution < -0.4 is 22.0 Å². The van der Waals surface area contributed by atoms with Crippen molar-refractivity contribution in [2.24, 2.45) is 5.73 Å². The molecular formula is C31H31N3O5. The minimum Gasteiger partial charge on any atom is -0.449 e. The summed E-state index contributed by atoms with van der Waals surface area (Å²) < 4.78 is 10.9. The van der Waals surface area contributed by atoms with E-state index in [-0.39, 0.29) is 12.5 Å². The molecule has 0 fully saturated rings. The van der Waals surface area contributed by atoms with E-state index in [1.165, 1.54) is 6.07 Å². The molecule has 1 atom stereocenters. The van der Waals surface area contributed by atoms with Crippen LogP contribution in [0.3, 0.4) is 0 Å². The van der Waals surface area contributed by atoms with Crippen molar-refractivity contribution in [3.05, 3.63) is 99.9 Å². The van der Waals surface area contributed by atoms with Crippen LogP contribution in [0.2, 0.25) is 0 Å². The lowest BCUT2D eigenvalue weighted by Gasteiger charge is -2.20. The van der Waals surface area contributed by atoms with Gasteiger partial charge in [-0.3, -0.25) is 4.79 Å². The monoisotopic (exact) mass is 525 g/mol. The van der Waals surface area contributed by atoms with Gasteiger partial charge in [-0.15, -0.1) is 0 Å². The van der Waals surface area contributed by atoms with Gasteiger partial charge in [0.05, 0.1) is 0 Å². The fraction of sp³-hybridized carbons (Fsp3) is 0.258. The molecule has 0 saturated heterocycles. The molecule has 5 rings (SSSR count). The third-order valence-electron chi connectivity index (χ3n) is 7.12. The third kappa shape index (κ3) is 5.71. The molecule has 200 valence electrons. The highest BCUT2D eigenvalue weighted by molar-refractivity contribution is 5.98. The SMILES string of the molecule is Cc1cc(=O)oc2cc(NC(=O)[C@H](CCCCN)NC(=O)OCC3c4ccccc4-c4ccccc43)ccc12. The van der Waals surface area contributed by atoms with Gasteiger partial charge < -0.3 is 25.5 Å². The predicted molar refractivity (Wildman–Crippen MR) is 151 cm³/mol. The summed E-state index contributed by atoms with van der Waals surface area (Å²) in [6.07, 6.45) is 1.11. The normalized spacial score (nSPS) is 13.0. The van der Waals surface area contributed by atoms with Crippen LogP contribution >= 0.6 is 0 Å². The van der Waals surface area contributed by atoms with E-state index in [1.807, 2.05) is 31.2 Å². The van der Waals surface area contributed by atoms with E-state index in [1.54, 1.807) is 18.2 Å². The fourth-order valence-corrected chi connectivity index (χ4v) is 5.18. The lowest BCUT2D eigenvalue weighted by molar-refractivity contribution is -0.118. The van der Waals surface area contributed by atoms with Gasteiger partial charge in [0, 0.05) is 29.1 Å². The number of ether oxygens (including phenoxy) is 1. The standard InChI is InChI=1S/C31H31N3O5/c1-19-16-29(35)39-28-17-20(13-14-21(19)28)33-30(36)27(12-6-7-15-32)34-31(37)38-18-26-24-10-4-2-8-22(24)23-9-3-5-11-25(23)26/h2-5,8-11,13-14,16-17,26-27H,6-7,12,15,18,32H2,1H3,(H,33,36)(H,34,37)/t27-/m0/s1. The van der Waals surface area contributed by atoms with Gasteiger partial charge in [0.2, 0.25) is 5.91 Å². The molecule has 3 aromatic carbocycles. The van der Waals surface area contributed by atoms with Gasteiger partial charge in [0.1, 0.15) is 18.2 Å². The van der Waals surface area contributed by atoms with Crippen molar-refractivity contribution < 1.29 is 18.7 Å². The molecule has 0 spiro atoms. The number of aryl methyl sites for hydroxylation is 1. The number of carbonyl (C=O) groups excluding carboxylic acids is 2. The minimum atomic E-state index is -0.826. The van der Waals surface area contributed by atoms with E-state index in [0.29, 0.717) is 30.7 Å². The average Bonchev–Trinajstić information content (AvgIpc) is 3.24. The molecule has 0 unspecified atom stereocenters. The van der Waals surface area contributed by atoms with E-state index in [4.69, 9.17) is 14.9 Å². The first kappa shape index (κ1) is 26.2. The number of anilines is 1. The highest BCUT2D eigenvalue weighted by atomic mass is 16.5. The molecule has 0 radical (unpaired) electrons. The van der Waals surface area contributed by atoms with Crippen LogP contribution in [0.15, 0.2) is 82.0 Å². The lowest BCUT2D eigenvalue weighted by Crippen LogP contribution is -2.44. The fourth-order valence-electron chi connectivity index (χ4n) is 5.18. The predicted octanol–water partition coefficient (Wildman–Crippen LogP) is 5.08. The summed E-state index contributed by atoms with van der Waals surface area (Å²) in [7, 11) is 0. The Labute approximate surface area is 226 Å². The largest absolute Gasteiger partial charge is 0.449 e. The Hall–Kier alpha value is -4.43. The number of carbonyl (C=O) groups is 2. The summed E-state index contributed by atoms with van der Waals surface area (Å²) in [4.78, 5) is 37.9. The molecule has 8 heteroatoms. The molecule has 39 heavy (non-hydrogen) atoms. The summed E-state index contributed by atoms with van der Waals surface area (Å²) in [5.41, 5.74) is 11.3. The molecule has 2 amide bonds. The summed E-state index contributed by atoms with van der Waals surface area (Å²) in [6.45, 7) is 2.46. The molecule has 1 aliphatic rings. The first-order valence-electron chi connectivity index (χ1n) is 13.1. The quantitative estimate of drug-likeness (QED) is 0.207. The van der Waals surface area contributed by atoms with Crippen molar-refractivity contribution in [2.75, 3.05) is 18.5 Å². The van der Waals surface area contributed by atoms with Gasteiger partial charge in [-0.1, -0.05) is 48.5 Å². The van der Waals surface area contributed by atoms with E-state index >= 15 is 0 Å². The van der Waals surface area contributed by atoms with E-state index in [9.17, 15) is 14.4 Å². The van der Waals surface area contributed by atoms with Crippen LogP contribution in [0.4, 0.5) is 10.5 Å². The maximum absolute atomic E-state index is 13.2. The number of amides is 2. The number of nitrogens with two attached hydrogens (primary N) is 1. The van der Waals surface area contributed by atoms with Crippen molar-refractivity contribution in [2.45, 2.75) is 38.1 Å². The molecule has 4 aromatic rings. The Bertz CT molecular complexity index is 1530. The maximum atomic E-state index is 13.2. The molecule has 4 N–H and O–H groups in total. The van der Waals surface area contributed by atoms with Crippen LogP contribution in [-0.2, 0) is 9.53 Å². The lowest BCUT2D eigenvalue weighted by atomic mass is 9.98. The van der Waals surface area contributed by atoms with E-state index < -0.39 is 23.7 Å². The summed E-state index contributed by atoms with van der Waals surface area (Å²) in [5, 5.41) is 6.34. The van der Waals surface area contributed by atoms with Crippen LogP contribution in [0.5, 0.6) is 0 Å². The molecule has 1 aromatic heterocycles. The van der Waals surface area contributed by atoms with Crippen LogP contribution in [0.25, 0.3) is 22.1 Å². The molecule has 0 saturated carbocycles. The van der Waals surface area contributed by atoms with Crippen molar-refractivity contribution in [1.82, 2.24) is 5.32 Å². The van der Waals surface area contributed by atoms with Gasteiger partial charge >= 0.3 is 11.7 Å². The van der Waals surface area contributed by atoms with Crippen LogP contribution in [0.1, 0.15) is 41.9 Å². The number of fused-ring (bicyclic) bond motifs is 4. The van der Waals surface area contributed by atoms with Gasteiger partial charge in [-0.2, -0.15) is 0 Å². The van der Waals surface area contributed by atoms with Crippen molar-refractivity contribution in [1.29, 1.82) is 0 Å². The molecule has 0 aliphatic heterocycles. The summed E-state index contributed by atoms with van der Waals surface area (Å²) in [5.74, 6) is -0.474. The summed E-state index contributed by atoms with van der Waals surface area (Å²) in [6, 6.07) is 21.9. The topological polar surface area (TPSA) is 124 Å². The number of nitrogens with one attached hydrogen (secondary N) is 2. The van der Waals surface area contributed by atoms with E-state index in [2.05, 4.69) is 34.9 Å². The molecule has 0 bridgehead atoms. The molecule has 1 aliphatic carbocycles. The Morgan fingerprint density at radius 1 is 0.974 bits per heavy atom. The number of hydrogen-bond acceptors (Lipinski definition) is 6. The zero-order valence-electron chi connectivity index (χ0n) is 21.7. The molecular weight excluding hydrogens is 494 g/mol. The number of alkyl carbamates (subject to hydrolysis) is 1. The summed E-state index contributed by atoms with van der Waals surface area (Å²) >= 11 is 0. The zero-order chi connectivity index (χ0) is 27.4. The number of rotatable bonds is 9. The van der Waals surface area contributed by atoms with E-state index in [0.717, 1.165) is 39.6 Å². The minimum absolute atomic E-state index is 0.0802. The number of unbranched alkanes of at least 4 members (excludes halogenated alkanes) is 1. The van der Waals surface area contributed by atoms with Crippen molar-refractivity contribution >= 4 is 28.7 Å². The highest BCUT2D eigenvalue weighted by Crippen LogP contribution is 2.44. The average molecular weight is 526 g/mol. The first-order chi connectivity index (χ1) is 18.9. The second-order valence-electron chi connectivity index (χ2n) is 9.76. The van der Waals surface area contributed by atoms with Crippen LogP contribution in [0, 0.1) is 6.92 Å². The Kier molecular flexibility index (Phi) is 7.74. The van der Waals surface area contributed by atoms with Gasteiger partial charge in [-0.25, -0.2) is 9.59 Å². The Balaban J connectivity index is 1.27. The number of hydrogen-bond donors (Lipinski definition) is 3. The smallest absolute Gasteiger partial charge is 0.407 e. The maximum Gasteiger partial charge on any atom is 0.407 e. The number of benzene rings is 3. The van der Waals surface area contributed by atoms with Gasteiger partial charge in [0.15, 0.2) is 0 Å². The second kappa shape index (κ2) is 11.5. The van der Waals surface area contributed by atoms with Gasteiger partial charge in [0.25, 0.3) is 0 Å². The molecule has 1 heterocycles. The highest BCUT2D eigenvalue weighted by Gasteiger charge is 2.29. The van der Waals surface area contributed by atoms with Crippen molar-refractivity contribution in [3.63, 3.8) is 0 Å². The third-order valence-corrected chi connectivity index (χ3v) is 7.12. The first-order valence-corrected chi connectivity index (χ1v) is 13.1. The Morgan fingerprint density at radius 2 is 1.67 bits per heavy atom. The van der Waals surface area contributed by atoms with Crippen LogP contribution in [-0.4, -0.2) is 31.2 Å². The zero-order valence-corrected chi connectivity index (χ0v) is 21.7. The van der Waals surface area contributed by atoms with Gasteiger partial charge in [-0.05, 0) is 72.7 Å².